The normalized spacial score (nSPS) is 24.7. The van der Waals surface area contributed by atoms with Gasteiger partial charge in [0.05, 0.1) is 11.3 Å². The predicted molar refractivity (Wildman–Crippen MR) is 107 cm³/mol. The van der Waals surface area contributed by atoms with Crippen LogP contribution in [0.4, 0.5) is 0 Å². The van der Waals surface area contributed by atoms with E-state index in [1.54, 1.807) is 0 Å². The molecule has 1 aliphatic carbocycles. The predicted octanol–water partition coefficient (Wildman–Crippen LogP) is 4.91. The number of hydrogen-bond donors (Lipinski definition) is 0. The van der Waals surface area contributed by atoms with Crippen molar-refractivity contribution in [3.8, 4) is 5.75 Å². The van der Waals surface area contributed by atoms with Crippen molar-refractivity contribution in [2.24, 2.45) is 11.8 Å². The average molecular weight is 383 g/mol. The summed E-state index contributed by atoms with van der Waals surface area (Å²) in [5, 5.41) is 3.96. The number of likely N-dealkylation sites (tertiary alicyclic amines) is 1. The van der Waals surface area contributed by atoms with Crippen molar-refractivity contribution >= 4 is 5.91 Å². The van der Waals surface area contributed by atoms with Crippen molar-refractivity contribution in [1.82, 2.24) is 10.1 Å². The first-order chi connectivity index (χ1) is 13.5. The highest BCUT2D eigenvalue weighted by atomic mass is 16.5. The number of fused-ring (bicyclic) bond motifs is 1. The van der Waals surface area contributed by atoms with Gasteiger partial charge in [-0.2, -0.15) is 0 Å². The number of hydrogen-bond acceptors (Lipinski definition) is 4. The zero-order chi connectivity index (χ0) is 19.7. The van der Waals surface area contributed by atoms with E-state index in [1.807, 2.05) is 38.1 Å². The minimum Gasteiger partial charge on any atom is -0.489 e. The highest BCUT2D eigenvalue weighted by molar-refractivity contribution is 5.95. The summed E-state index contributed by atoms with van der Waals surface area (Å²) in [7, 11) is 0. The van der Waals surface area contributed by atoms with Gasteiger partial charge in [0, 0.05) is 18.2 Å². The highest BCUT2D eigenvalue weighted by Crippen LogP contribution is 2.39. The number of ether oxygens (including phenoxy) is 1. The van der Waals surface area contributed by atoms with Gasteiger partial charge in [-0.15, -0.1) is 0 Å². The summed E-state index contributed by atoms with van der Waals surface area (Å²) in [5.74, 6) is 3.00. The zero-order valence-corrected chi connectivity index (χ0v) is 17.1. The molecule has 3 atom stereocenters. The second-order valence-electron chi connectivity index (χ2n) is 8.40. The van der Waals surface area contributed by atoms with Gasteiger partial charge < -0.3 is 14.2 Å². The van der Waals surface area contributed by atoms with Crippen LogP contribution in [0.15, 0.2) is 28.8 Å². The summed E-state index contributed by atoms with van der Waals surface area (Å²) in [4.78, 5) is 15.4. The number of benzene rings is 1. The maximum Gasteiger partial charge on any atom is 0.254 e. The number of carbonyl (C=O) groups is 1. The molecule has 2 heterocycles. The van der Waals surface area contributed by atoms with Crippen LogP contribution < -0.4 is 4.74 Å². The molecule has 2 fully saturated rings. The Kier molecular flexibility index (Phi) is 5.42. The smallest absolute Gasteiger partial charge is 0.254 e. The van der Waals surface area contributed by atoms with Crippen molar-refractivity contribution in [2.45, 2.75) is 65.5 Å². The number of carbonyl (C=O) groups excluding carboxylic acids is 1. The summed E-state index contributed by atoms with van der Waals surface area (Å²) in [6.45, 7) is 7.41. The SMILES string of the molecule is Cc1noc(C)c1COc1cccc(C(=O)N2CCC(C)C3CCCCC32)c1. The zero-order valence-electron chi connectivity index (χ0n) is 17.1. The van der Waals surface area contributed by atoms with Crippen LogP contribution in [-0.4, -0.2) is 28.6 Å². The number of piperidine rings is 1. The fourth-order valence-electron chi connectivity index (χ4n) is 4.91. The summed E-state index contributed by atoms with van der Waals surface area (Å²) in [6.07, 6.45) is 6.05. The Morgan fingerprint density at radius 1 is 1.25 bits per heavy atom. The van der Waals surface area contributed by atoms with Crippen molar-refractivity contribution in [3.63, 3.8) is 0 Å². The molecule has 5 nitrogen and oxygen atoms in total. The number of nitrogens with zero attached hydrogens (tertiary/aromatic N) is 2. The van der Waals surface area contributed by atoms with Crippen LogP contribution in [0.1, 0.15) is 66.4 Å². The van der Waals surface area contributed by atoms with E-state index in [4.69, 9.17) is 9.26 Å². The van der Waals surface area contributed by atoms with Crippen molar-refractivity contribution in [3.05, 3.63) is 46.8 Å². The minimum absolute atomic E-state index is 0.145. The van der Waals surface area contributed by atoms with Crippen LogP contribution >= 0.6 is 0 Å². The van der Waals surface area contributed by atoms with Crippen molar-refractivity contribution in [1.29, 1.82) is 0 Å². The molecule has 0 bridgehead atoms. The monoisotopic (exact) mass is 382 g/mol. The summed E-state index contributed by atoms with van der Waals surface area (Å²) in [5.41, 5.74) is 2.53. The van der Waals surface area contributed by atoms with Crippen LogP contribution in [-0.2, 0) is 6.61 Å². The van der Waals surface area contributed by atoms with E-state index in [1.165, 1.54) is 19.3 Å². The van der Waals surface area contributed by atoms with E-state index < -0.39 is 0 Å². The topological polar surface area (TPSA) is 55.6 Å². The molecular formula is C23H30N2O3. The van der Waals surface area contributed by atoms with E-state index in [-0.39, 0.29) is 5.91 Å². The van der Waals surface area contributed by atoms with Crippen LogP contribution in [0.5, 0.6) is 5.75 Å². The van der Waals surface area contributed by atoms with Gasteiger partial charge in [-0.3, -0.25) is 4.79 Å². The second-order valence-corrected chi connectivity index (χ2v) is 8.40. The molecule has 1 amide bonds. The molecule has 2 aromatic rings. The first-order valence-electron chi connectivity index (χ1n) is 10.5. The first-order valence-corrected chi connectivity index (χ1v) is 10.5. The van der Waals surface area contributed by atoms with Crippen molar-refractivity contribution in [2.75, 3.05) is 6.54 Å². The van der Waals surface area contributed by atoms with Crippen LogP contribution in [0.2, 0.25) is 0 Å². The third-order valence-electron chi connectivity index (χ3n) is 6.64. The lowest BCUT2D eigenvalue weighted by atomic mass is 9.72. The standard InChI is InChI=1S/C23H30N2O3/c1-15-11-12-25(22-10-5-4-9-20(15)22)23(26)18-7-6-8-19(13-18)27-14-21-16(2)24-28-17(21)3/h6-8,13,15,20,22H,4-5,9-12,14H2,1-3H3. The molecule has 0 spiro atoms. The Labute approximate surface area is 167 Å². The fraction of sp³-hybridized carbons (Fsp3) is 0.565. The van der Waals surface area contributed by atoms with Gasteiger partial charge in [0.1, 0.15) is 18.1 Å². The molecule has 1 aromatic carbocycles. The lowest BCUT2D eigenvalue weighted by Crippen LogP contribution is -2.52. The molecule has 0 radical (unpaired) electrons. The molecule has 4 rings (SSSR count). The molecule has 1 aliphatic heterocycles. The second kappa shape index (κ2) is 7.98. The van der Waals surface area contributed by atoms with Gasteiger partial charge in [0.25, 0.3) is 5.91 Å². The number of amides is 1. The third-order valence-corrected chi connectivity index (χ3v) is 6.64. The van der Waals surface area contributed by atoms with Crippen LogP contribution in [0.3, 0.4) is 0 Å². The summed E-state index contributed by atoms with van der Waals surface area (Å²) < 4.78 is 11.1. The molecule has 1 saturated carbocycles. The molecular weight excluding hydrogens is 352 g/mol. The quantitative estimate of drug-likeness (QED) is 0.754. The maximum absolute atomic E-state index is 13.3. The Morgan fingerprint density at radius 2 is 2.07 bits per heavy atom. The van der Waals surface area contributed by atoms with E-state index in [0.29, 0.717) is 24.3 Å². The van der Waals surface area contributed by atoms with Gasteiger partial charge >= 0.3 is 0 Å². The summed E-state index contributed by atoms with van der Waals surface area (Å²) >= 11 is 0. The molecule has 28 heavy (non-hydrogen) atoms. The minimum atomic E-state index is 0.145. The number of aryl methyl sites for hydroxylation is 2. The maximum atomic E-state index is 13.3. The molecule has 1 aromatic heterocycles. The van der Waals surface area contributed by atoms with E-state index in [0.717, 1.165) is 47.9 Å². The van der Waals surface area contributed by atoms with Crippen molar-refractivity contribution < 1.29 is 14.1 Å². The Hall–Kier alpha value is -2.30. The van der Waals surface area contributed by atoms with E-state index in [2.05, 4.69) is 17.0 Å². The van der Waals surface area contributed by atoms with Gasteiger partial charge in [0.15, 0.2) is 0 Å². The van der Waals surface area contributed by atoms with Crippen LogP contribution in [0, 0.1) is 25.7 Å². The largest absolute Gasteiger partial charge is 0.489 e. The number of rotatable bonds is 4. The molecule has 0 N–H and O–H groups in total. The lowest BCUT2D eigenvalue weighted by Gasteiger charge is -2.47. The van der Waals surface area contributed by atoms with E-state index in [9.17, 15) is 4.79 Å². The fourth-order valence-corrected chi connectivity index (χ4v) is 4.91. The summed E-state index contributed by atoms with van der Waals surface area (Å²) in [6, 6.07) is 7.98. The molecule has 5 heteroatoms. The Morgan fingerprint density at radius 3 is 2.86 bits per heavy atom. The van der Waals surface area contributed by atoms with Gasteiger partial charge in [-0.1, -0.05) is 31.0 Å². The van der Waals surface area contributed by atoms with Gasteiger partial charge in [-0.25, -0.2) is 0 Å². The Balaban J connectivity index is 1.48. The molecule has 3 unspecified atom stereocenters. The third kappa shape index (κ3) is 3.67. The molecule has 1 saturated heterocycles. The van der Waals surface area contributed by atoms with Gasteiger partial charge in [-0.05, 0) is 63.1 Å². The molecule has 2 aliphatic rings. The lowest BCUT2D eigenvalue weighted by molar-refractivity contribution is 0.0217. The van der Waals surface area contributed by atoms with Gasteiger partial charge in [0.2, 0.25) is 0 Å². The molecule has 150 valence electrons. The highest BCUT2D eigenvalue weighted by Gasteiger charge is 2.39. The van der Waals surface area contributed by atoms with E-state index >= 15 is 0 Å². The number of aromatic nitrogens is 1. The van der Waals surface area contributed by atoms with Crippen LogP contribution in [0.25, 0.3) is 0 Å². The first kappa shape index (κ1) is 19.0. The average Bonchev–Trinajstić information content (AvgIpc) is 3.04. The Bertz CT molecular complexity index is 825.